The van der Waals surface area contributed by atoms with Gasteiger partial charge in [0.05, 0.1) is 22.4 Å². The van der Waals surface area contributed by atoms with Gasteiger partial charge in [-0.15, -0.1) is 0 Å². The van der Waals surface area contributed by atoms with Gasteiger partial charge in [0.2, 0.25) is 0 Å². The van der Waals surface area contributed by atoms with Gasteiger partial charge in [-0.25, -0.2) is 0 Å². The number of nitrogens with zero attached hydrogens (tertiary/aromatic N) is 3. The van der Waals surface area contributed by atoms with Crippen LogP contribution in [0.2, 0.25) is 0 Å². The second-order valence-electron chi connectivity index (χ2n) is 5.47. The fourth-order valence-electron chi connectivity index (χ4n) is 2.40. The molecule has 1 fully saturated rings. The number of benzene rings is 1. The summed E-state index contributed by atoms with van der Waals surface area (Å²) in [4.78, 5) is 46.0. The molecule has 0 spiro atoms. The summed E-state index contributed by atoms with van der Waals surface area (Å²) in [5.41, 5.74) is 0.0688. The highest BCUT2D eigenvalue weighted by Gasteiger charge is 2.35. The van der Waals surface area contributed by atoms with Crippen LogP contribution in [0, 0.1) is 20.2 Å². The maximum absolute atomic E-state index is 12.4. The van der Waals surface area contributed by atoms with Gasteiger partial charge in [0, 0.05) is 11.6 Å². The molecule has 0 saturated carbocycles. The molecule has 0 unspecified atom stereocenters. The summed E-state index contributed by atoms with van der Waals surface area (Å²) in [5, 5.41) is 21.1. The largest absolute Gasteiger partial charge is 0.433 e. The molecule has 0 bridgehead atoms. The molecular weight excluding hydrogens is 390 g/mol. The number of hydrogen-bond acceptors (Lipinski definition) is 8. The first-order chi connectivity index (χ1) is 13.4. The minimum Gasteiger partial charge on any atom is -0.401 e. The van der Waals surface area contributed by atoms with Crippen molar-refractivity contribution in [3.8, 4) is 0 Å². The number of para-hydroxylation sites is 1. The van der Waals surface area contributed by atoms with Crippen molar-refractivity contribution in [3.63, 3.8) is 0 Å². The van der Waals surface area contributed by atoms with E-state index < -0.39 is 26.9 Å². The zero-order chi connectivity index (χ0) is 20.3. The molecule has 142 valence electrons. The number of nitro groups is 2. The Morgan fingerprint density at radius 1 is 1.07 bits per heavy atom. The van der Waals surface area contributed by atoms with E-state index >= 15 is 0 Å². The Hall–Kier alpha value is -3.73. The first kappa shape index (κ1) is 19.0. The van der Waals surface area contributed by atoms with Crippen LogP contribution in [-0.2, 0) is 11.3 Å². The average Bonchev–Trinajstić information content (AvgIpc) is 3.23. The summed E-state index contributed by atoms with van der Waals surface area (Å²) in [5.74, 6) is -0.783. The van der Waals surface area contributed by atoms with Crippen LogP contribution in [0.15, 0.2) is 57.9 Å². The molecule has 2 heterocycles. The SMILES string of the molecule is O=C1S/C(=C\C=C\c2ccc([N+](=O)[O-])o2)C(=O)N1Cc1ccccc1[N+](=O)[O-]. The molecule has 11 heteroatoms. The Morgan fingerprint density at radius 3 is 2.50 bits per heavy atom. The van der Waals surface area contributed by atoms with Gasteiger partial charge in [-0.3, -0.25) is 34.7 Å². The molecule has 2 amide bonds. The average molecular weight is 401 g/mol. The Morgan fingerprint density at radius 2 is 1.82 bits per heavy atom. The lowest BCUT2D eigenvalue weighted by atomic mass is 10.1. The summed E-state index contributed by atoms with van der Waals surface area (Å²) in [7, 11) is 0. The molecule has 1 aromatic heterocycles. The van der Waals surface area contributed by atoms with Gasteiger partial charge in [-0.1, -0.05) is 24.3 Å². The third-order valence-electron chi connectivity index (χ3n) is 3.69. The number of imide groups is 1. The number of amides is 2. The minimum atomic E-state index is -0.675. The lowest BCUT2D eigenvalue weighted by Crippen LogP contribution is -2.27. The van der Waals surface area contributed by atoms with Crippen molar-refractivity contribution >= 4 is 40.6 Å². The van der Waals surface area contributed by atoms with Crippen molar-refractivity contribution < 1.29 is 23.9 Å². The van der Waals surface area contributed by atoms with E-state index in [1.807, 2.05) is 0 Å². The van der Waals surface area contributed by atoms with Crippen molar-refractivity contribution in [2.45, 2.75) is 6.54 Å². The van der Waals surface area contributed by atoms with Crippen LogP contribution in [0.4, 0.5) is 16.4 Å². The zero-order valence-corrected chi connectivity index (χ0v) is 14.8. The molecule has 28 heavy (non-hydrogen) atoms. The number of carbonyl (C=O) groups is 2. The van der Waals surface area contributed by atoms with Gasteiger partial charge in [0.15, 0.2) is 0 Å². The monoisotopic (exact) mass is 401 g/mol. The minimum absolute atomic E-state index is 0.126. The van der Waals surface area contributed by atoms with Gasteiger partial charge in [-0.05, 0) is 30.0 Å². The second kappa shape index (κ2) is 7.88. The molecule has 3 rings (SSSR count). The van der Waals surface area contributed by atoms with Gasteiger partial charge in [0.25, 0.3) is 16.8 Å². The summed E-state index contributed by atoms with van der Waals surface area (Å²) in [6, 6.07) is 8.45. The number of allylic oxidation sites excluding steroid dienone is 2. The highest BCUT2D eigenvalue weighted by molar-refractivity contribution is 8.18. The quantitative estimate of drug-likeness (QED) is 0.404. The lowest BCUT2D eigenvalue weighted by Gasteiger charge is -2.12. The van der Waals surface area contributed by atoms with Crippen LogP contribution < -0.4 is 0 Å². The fourth-order valence-corrected chi connectivity index (χ4v) is 3.19. The number of furan rings is 1. The Balaban J connectivity index is 1.74. The van der Waals surface area contributed by atoms with Gasteiger partial charge < -0.3 is 4.42 Å². The van der Waals surface area contributed by atoms with Crippen LogP contribution in [0.1, 0.15) is 11.3 Å². The second-order valence-corrected chi connectivity index (χ2v) is 6.46. The highest BCUT2D eigenvalue weighted by atomic mass is 32.2. The number of thioether (sulfide) groups is 1. The van der Waals surface area contributed by atoms with Crippen LogP contribution in [0.5, 0.6) is 0 Å². The van der Waals surface area contributed by atoms with Crippen molar-refractivity contribution in [2.75, 3.05) is 0 Å². The van der Waals surface area contributed by atoms with Gasteiger partial charge >= 0.3 is 5.88 Å². The summed E-state index contributed by atoms with van der Waals surface area (Å²) < 4.78 is 4.95. The fraction of sp³-hybridized carbons (Fsp3) is 0.0588. The standard InChI is InChI=1S/C17H11N3O7S/c21-16-14(7-3-5-12-8-9-15(27-12)20(25)26)28-17(22)18(16)10-11-4-1-2-6-13(11)19(23)24/h1-9H,10H2/b5-3+,14-7-. The normalized spacial score (nSPS) is 15.7. The summed E-state index contributed by atoms with van der Waals surface area (Å²) >= 11 is 0.699. The molecule has 1 aromatic carbocycles. The number of hydrogen-bond donors (Lipinski definition) is 0. The zero-order valence-electron chi connectivity index (χ0n) is 14.0. The maximum atomic E-state index is 12.4. The topological polar surface area (TPSA) is 137 Å². The van der Waals surface area contributed by atoms with Crippen LogP contribution in [-0.4, -0.2) is 25.9 Å². The Kier molecular flexibility index (Phi) is 5.36. The molecular formula is C17H11N3O7S. The summed E-state index contributed by atoms with van der Waals surface area (Å²) in [6.45, 7) is -0.215. The third kappa shape index (κ3) is 3.99. The first-order valence-electron chi connectivity index (χ1n) is 7.75. The number of nitro benzene ring substituents is 1. The first-order valence-corrected chi connectivity index (χ1v) is 8.57. The van der Waals surface area contributed by atoms with E-state index in [-0.39, 0.29) is 28.5 Å². The van der Waals surface area contributed by atoms with E-state index in [0.717, 1.165) is 4.90 Å². The molecule has 0 atom stereocenters. The van der Waals surface area contributed by atoms with E-state index in [1.165, 1.54) is 48.6 Å². The molecule has 2 aromatic rings. The molecule has 0 aliphatic carbocycles. The van der Waals surface area contributed by atoms with Crippen LogP contribution in [0.25, 0.3) is 6.08 Å². The van der Waals surface area contributed by atoms with Crippen molar-refractivity contribution in [3.05, 3.63) is 85.0 Å². The smallest absolute Gasteiger partial charge is 0.401 e. The molecule has 1 aliphatic rings. The molecule has 1 saturated heterocycles. The molecule has 1 aliphatic heterocycles. The van der Waals surface area contributed by atoms with E-state index in [1.54, 1.807) is 6.07 Å². The van der Waals surface area contributed by atoms with Crippen molar-refractivity contribution in [2.24, 2.45) is 0 Å². The summed E-state index contributed by atoms with van der Waals surface area (Å²) in [6.07, 6.45) is 4.20. The molecule has 0 N–H and O–H groups in total. The van der Waals surface area contributed by atoms with E-state index in [2.05, 4.69) is 0 Å². The predicted molar refractivity (Wildman–Crippen MR) is 99.1 cm³/mol. The third-order valence-corrected chi connectivity index (χ3v) is 4.62. The van der Waals surface area contributed by atoms with Crippen LogP contribution in [0.3, 0.4) is 0 Å². The molecule has 10 nitrogen and oxygen atoms in total. The maximum Gasteiger partial charge on any atom is 0.433 e. The van der Waals surface area contributed by atoms with Gasteiger partial charge in [-0.2, -0.15) is 0 Å². The predicted octanol–water partition coefficient (Wildman–Crippen LogP) is 3.89. The molecule has 0 radical (unpaired) electrons. The number of carbonyl (C=O) groups excluding carboxylic acids is 2. The Bertz CT molecular complexity index is 1040. The van der Waals surface area contributed by atoms with Gasteiger partial charge in [0.1, 0.15) is 10.7 Å². The van der Waals surface area contributed by atoms with E-state index in [0.29, 0.717) is 11.8 Å². The van der Waals surface area contributed by atoms with Crippen molar-refractivity contribution in [1.82, 2.24) is 4.90 Å². The van der Waals surface area contributed by atoms with Crippen LogP contribution >= 0.6 is 11.8 Å². The van der Waals surface area contributed by atoms with E-state index in [4.69, 9.17) is 4.42 Å². The van der Waals surface area contributed by atoms with E-state index in [9.17, 15) is 29.8 Å². The lowest BCUT2D eigenvalue weighted by molar-refractivity contribution is -0.402. The number of rotatable bonds is 6. The van der Waals surface area contributed by atoms with Crippen molar-refractivity contribution in [1.29, 1.82) is 0 Å². The Labute approximate surface area is 161 Å². The highest BCUT2D eigenvalue weighted by Crippen LogP contribution is 2.33.